The van der Waals surface area contributed by atoms with E-state index in [1.165, 1.54) is 6.08 Å². The van der Waals surface area contributed by atoms with Crippen molar-refractivity contribution < 1.29 is 4.79 Å². The number of aromatic amines is 1. The standard InChI is InChI=1S/C23H21N5O2/c1-2-27(16-21-25-20-11-7-6-10-19(20)23(30)26-21)22(29)13-12-17-14-24-28(15-17)18-8-4-3-5-9-18/h3-15H,2,16H2,1H3,(H,25,26,30)/b13-12-. The number of benzene rings is 2. The number of likely N-dealkylation sites (N-methyl/N-ethyl adjacent to an activating group) is 1. The van der Waals surface area contributed by atoms with Gasteiger partial charge in [-0.15, -0.1) is 0 Å². The molecule has 0 unspecified atom stereocenters. The first kappa shape index (κ1) is 19.3. The summed E-state index contributed by atoms with van der Waals surface area (Å²) in [7, 11) is 0. The number of fused-ring (bicyclic) bond motifs is 1. The molecule has 1 amide bonds. The first-order valence-corrected chi connectivity index (χ1v) is 9.69. The summed E-state index contributed by atoms with van der Waals surface area (Å²) in [5, 5.41) is 4.86. The van der Waals surface area contributed by atoms with Crippen molar-refractivity contribution in [1.29, 1.82) is 0 Å². The average Bonchev–Trinajstić information content (AvgIpc) is 3.25. The van der Waals surface area contributed by atoms with Gasteiger partial charge in [-0.25, -0.2) is 9.67 Å². The van der Waals surface area contributed by atoms with Gasteiger partial charge in [0.15, 0.2) is 0 Å². The van der Waals surface area contributed by atoms with Gasteiger partial charge >= 0.3 is 0 Å². The maximum Gasteiger partial charge on any atom is 0.258 e. The molecule has 4 aromatic rings. The normalized spacial score (nSPS) is 11.2. The molecule has 0 saturated heterocycles. The zero-order valence-electron chi connectivity index (χ0n) is 16.5. The molecule has 0 aliphatic rings. The van der Waals surface area contributed by atoms with Crippen LogP contribution in [0.4, 0.5) is 0 Å². The Hall–Kier alpha value is -4.00. The highest BCUT2D eigenvalue weighted by atomic mass is 16.2. The van der Waals surface area contributed by atoms with Gasteiger partial charge < -0.3 is 9.88 Å². The molecule has 1 N–H and O–H groups in total. The quantitative estimate of drug-likeness (QED) is 0.505. The number of rotatable bonds is 6. The molecule has 0 saturated carbocycles. The van der Waals surface area contributed by atoms with Crippen LogP contribution in [-0.4, -0.2) is 37.1 Å². The van der Waals surface area contributed by atoms with Crippen LogP contribution in [0.5, 0.6) is 0 Å². The van der Waals surface area contributed by atoms with Crippen LogP contribution in [0.2, 0.25) is 0 Å². The third-order valence-electron chi connectivity index (χ3n) is 4.74. The van der Waals surface area contributed by atoms with Gasteiger partial charge in [0.2, 0.25) is 5.91 Å². The molecule has 0 spiro atoms. The van der Waals surface area contributed by atoms with E-state index in [2.05, 4.69) is 15.1 Å². The van der Waals surface area contributed by atoms with Crippen molar-refractivity contribution in [3.05, 3.63) is 94.8 Å². The van der Waals surface area contributed by atoms with Crippen molar-refractivity contribution in [2.24, 2.45) is 0 Å². The van der Waals surface area contributed by atoms with E-state index in [9.17, 15) is 9.59 Å². The van der Waals surface area contributed by atoms with Crippen molar-refractivity contribution in [3.8, 4) is 5.69 Å². The van der Waals surface area contributed by atoms with Gasteiger partial charge in [0, 0.05) is 24.4 Å². The zero-order chi connectivity index (χ0) is 20.9. The number of aromatic nitrogens is 4. The van der Waals surface area contributed by atoms with Gasteiger partial charge in [0.05, 0.1) is 29.3 Å². The second kappa shape index (κ2) is 8.57. The number of amides is 1. The summed E-state index contributed by atoms with van der Waals surface area (Å²) in [5.41, 5.74) is 2.18. The number of para-hydroxylation sites is 2. The molecule has 30 heavy (non-hydrogen) atoms. The number of H-pyrrole nitrogens is 1. The Morgan fingerprint density at radius 2 is 1.90 bits per heavy atom. The van der Waals surface area contributed by atoms with E-state index in [4.69, 9.17) is 0 Å². The Kier molecular flexibility index (Phi) is 5.52. The lowest BCUT2D eigenvalue weighted by Crippen LogP contribution is -2.30. The van der Waals surface area contributed by atoms with Crippen molar-refractivity contribution in [2.45, 2.75) is 13.5 Å². The molecule has 0 bridgehead atoms. The van der Waals surface area contributed by atoms with E-state index in [1.54, 1.807) is 40.1 Å². The number of carbonyl (C=O) groups excluding carboxylic acids is 1. The van der Waals surface area contributed by atoms with Crippen LogP contribution in [0.15, 0.2) is 77.9 Å². The SMILES string of the molecule is CCN(Cc1nc2ccccc2c(=O)[nH]1)C(=O)/C=C\c1cnn(-c2ccccc2)c1. The predicted molar refractivity (Wildman–Crippen MR) is 116 cm³/mol. The summed E-state index contributed by atoms with van der Waals surface area (Å²) in [5.74, 6) is 0.292. The van der Waals surface area contributed by atoms with Crippen LogP contribution in [-0.2, 0) is 11.3 Å². The van der Waals surface area contributed by atoms with Gasteiger partial charge in [0.25, 0.3) is 5.56 Å². The summed E-state index contributed by atoms with van der Waals surface area (Å²) >= 11 is 0. The minimum atomic E-state index is -0.206. The summed E-state index contributed by atoms with van der Waals surface area (Å²) in [6.07, 6.45) is 6.80. The molecule has 0 aliphatic heterocycles. The number of nitrogens with one attached hydrogen (secondary N) is 1. The summed E-state index contributed by atoms with van der Waals surface area (Å²) < 4.78 is 1.76. The average molecular weight is 399 g/mol. The van der Waals surface area contributed by atoms with Crippen LogP contribution < -0.4 is 5.56 Å². The first-order valence-electron chi connectivity index (χ1n) is 9.69. The molecular formula is C23H21N5O2. The van der Waals surface area contributed by atoms with Crippen LogP contribution in [0.3, 0.4) is 0 Å². The van der Waals surface area contributed by atoms with Crippen molar-refractivity contribution in [1.82, 2.24) is 24.6 Å². The molecule has 2 aromatic heterocycles. The van der Waals surface area contributed by atoms with Crippen LogP contribution >= 0.6 is 0 Å². The van der Waals surface area contributed by atoms with E-state index >= 15 is 0 Å². The fourth-order valence-corrected chi connectivity index (χ4v) is 3.15. The molecule has 2 heterocycles. The minimum absolute atomic E-state index is 0.166. The number of carbonyl (C=O) groups is 1. The van der Waals surface area contributed by atoms with Crippen LogP contribution in [0.1, 0.15) is 18.3 Å². The molecule has 7 nitrogen and oxygen atoms in total. The van der Waals surface area contributed by atoms with Gasteiger partial charge in [-0.1, -0.05) is 30.3 Å². The topological polar surface area (TPSA) is 83.9 Å². The van der Waals surface area contributed by atoms with E-state index in [0.717, 1.165) is 11.3 Å². The molecule has 7 heteroatoms. The van der Waals surface area contributed by atoms with Crippen molar-refractivity contribution in [2.75, 3.05) is 6.54 Å². The number of hydrogen-bond acceptors (Lipinski definition) is 4. The Morgan fingerprint density at radius 3 is 2.70 bits per heavy atom. The summed E-state index contributed by atoms with van der Waals surface area (Å²) in [6.45, 7) is 2.60. The molecule has 0 aliphatic carbocycles. The number of hydrogen-bond donors (Lipinski definition) is 1. The smallest absolute Gasteiger partial charge is 0.258 e. The highest BCUT2D eigenvalue weighted by Crippen LogP contribution is 2.10. The summed E-state index contributed by atoms with van der Waals surface area (Å²) in [4.78, 5) is 33.8. The van der Waals surface area contributed by atoms with Crippen molar-refractivity contribution >= 4 is 22.9 Å². The lowest BCUT2D eigenvalue weighted by atomic mass is 10.2. The minimum Gasteiger partial charge on any atom is -0.332 e. The lowest BCUT2D eigenvalue weighted by Gasteiger charge is -2.18. The molecule has 150 valence electrons. The molecule has 4 rings (SSSR count). The van der Waals surface area contributed by atoms with Gasteiger partial charge in [0.1, 0.15) is 5.82 Å². The third-order valence-corrected chi connectivity index (χ3v) is 4.74. The van der Waals surface area contributed by atoms with Gasteiger partial charge in [-0.05, 0) is 37.3 Å². The van der Waals surface area contributed by atoms with Crippen LogP contribution in [0.25, 0.3) is 22.7 Å². The fourth-order valence-electron chi connectivity index (χ4n) is 3.15. The Morgan fingerprint density at radius 1 is 1.13 bits per heavy atom. The van der Waals surface area contributed by atoms with E-state index in [0.29, 0.717) is 23.3 Å². The van der Waals surface area contributed by atoms with E-state index < -0.39 is 0 Å². The Bertz CT molecular complexity index is 1260. The number of nitrogens with zero attached hydrogens (tertiary/aromatic N) is 4. The maximum absolute atomic E-state index is 12.7. The third kappa shape index (κ3) is 4.20. The van der Waals surface area contributed by atoms with E-state index in [-0.39, 0.29) is 18.0 Å². The highest BCUT2D eigenvalue weighted by Gasteiger charge is 2.12. The Labute approximate surface area is 173 Å². The van der Waals surface area contributed by atoms with Crippen molar-refractivity contribution in [3.63, 3.8) is 0 Å². The first-order chi connectivity index (χ1) is 14.6. The molecule has 0 radical (unpaired) electrons. The summed E-state index contributed by atoms with van der Waals surface area (Å²) in [6, 6.07) is 16.9. The molecular weight excluding hydrogens is 378 g/mol. The zero-order valence-corrected chi connectivity index (χ0v) is 16.5. The fraction of sp³-hybridized carbons (Fsp3) is 0.130. The lowest BCUT2D eigenvalue weighted by molar-refractivity contribution is -0.126. The van der Waals surface area contributed by atoms with E-state index in [1.807, 2.05) is 49.5 Å². The Balaban J connectivity index is 1.48. The second-order valence-electron chi connectivity index (χ2n) is 6.77. The molecule has 2 aromatic carbocycles. The molecule has 0 atom stereocenters. The largest absolute Gasteiger partial charge is 0.332 e. The monoisotopic (exact) mass is 399 g/mol. The predicted octanol–water partition coefficient (Wildman–Crippen LogP) is 3.17. The van der Waals surface area contributed by atoms with Gasteiger partial charge in [-0.2, -0.15) is 5.10 Å². The van der Waals surface area contributed by atoms with Crippen LogP contribution in [0, 0.1) is 0 Å². The maximum atomic E-state index is 12.7. The molecule has 0 fully saturated rings. The van der Waals surface area contributed by atoms with Gasteiger partial charge in [-0.3, -0.25) is 9.59 Å². The highest BCUT2D eigenvalue weighted by molar-refractivity contribution is 5.91. The second-order valence-corrected chi connectivity index (χ2v) is 6.77.